The van der Waals surface area contributed by atoms with Gasteiger partial charge in [0.2, 0.25) is 0 Å². The number of imidazole rings is 3. The lowest BCUT2D eigenvalue weighted by Gasteiger charge is -2.02. The molecule has 0 unspecified atom stereocenters. The third kappa shape index (κ3) is 7.21. The number of hydrogen-bond donors (Lipinski definition) is 2. The lowest BCUT2D eigenvalue weighted by Crippen LogP contribution is -1.95. The van der Waals surface area contributed by atoms with Crippen molar-refractivity contribution in [3.63, 3.8) is 0 Å². The molecule has 0 spiro atoms. The number of fused-ring (bicyclic) bond motifs is 5. The van der Waals surface area contributed by atoms with Crippen LogP contribution in [0.25, 0.3) is 76.3 Å². The molecule has 0 saturated heterocycles. The van der Waals surface area contributed by atoms with Gasteiger partial charge in [-0.15, -0.1) is 22.7 Å². The van der Waals surface area contributed by atoms with Gasteiger partial charge in [-0.2, -0.15) is 0 Å². The minimum atomic E-state index is 0. The second kappa shape index (κ2) is 15.2. The maximum absolute atomic E-state index is 5.70. The van der Waals surface area contributed by atoms with Gasteiger partial charge in [0.1, 0.15) is 17.5 Å². The van der Waals surface area contributed by atoms with Gasteiger partial charge in [0, 0.05) is 21.1 Å². The average Bonchev–Trinajstić information content (AvgIpc) is 4.00. The van der Waals surface area contributed by atoms with E-state index < -0.39 is 0 Å². The summed E-state index contributed by atoms with van der Waals surface area (Å²) in [5, 5.41) is 4.10. The molecule has 12 nitrogen and oxygen atoms in total. The van der Waals surface area contributed by atoms with Crippen molar-refractivity contribution in [2.45, 2.75) is 35.6 Å². The molecule has 14 heteroatoms. The third-order valence-electron chi connectivity index (χ3n) is 9.39. The SMILES string of the molecule is C.C.Cc1nc2cc(N)c(N)cc2n1C.Cc1nc2cc3nc(-c4cccs4)cnc3cc2n1C.Cc1nc2cc3ncc(-c4cccs4)nc3cc2n1C. The number of anilines is 2. The van der Waals surface area contributed by atoms with Crippen LogP contribution in [0.3, 0.4) is 0 Å². The van der Waals surface area contributed by atoms with Gasteiger partial charge in [-0.25, -0.2) is 24.9 Å². The Morgan fingerprint density at radius 1 is 0.473 bits per heavy atom. The Kier molecular flexibility index (Phi) is 10.7. The van der Waals surface area contributed by atoms with Gasteiger partial charge in [0.25, 0.3) is 0 Å². The molecule has 0 fully saturated rings. The van der Waals surface area contributed by atoms with E-state index in [9.17, 15) is 0 Å². The second-order valence-corrected chi connectivity index (χ2v) is 14.6. The highest BCUT2D eigenvalue weighted by molar-refractivity contribution is 7.13. The predicted octanol–water partition coefficient (Wildman–Crippen LogP) is 9.43. The lowest BCUT2D eigenvalue weighted by molar-refractivity contribution is 0.886. The molecular weight excluding hydrogens is 725 g/mol. The standard InChI is InChI=1S/2C15H12N4S.C9H12N4.2CH4/c1-9-17-12-6-11-10(7-14(12)19(9)2)16-8-13(18-11)15-4-3-5-20-15;1-9-17-12-6-10-11(7-14(12)19(9)2)18-13(8-16-10)15-4-3-5-20-15;1-5-12-8-3-6(10)7(11)4-9(8)13(5)2;;/h2*3-8H,1-2H3;3-4H,10-11H2,1-2H3;2*1H4. The zero-order valence-corrected chi connectivity index (χ0v) is 31.7. The first-order chi connectivity index (χ1) is 25.5. The molecule has 0 amide bonds. The summed E-state index contributed by atoms with van der Waals surface area (Å²) in [7, 11) is 6.00. The monoisotopic (exact) mass is 768 g/mol. The highest BCUT2D eigenvalue weighted by Crippen LogP contribution is 2.28. The predicted molar refractivity (Wildman–Crippen MR) is 231 cm³/mol. The molecule has 7 aromatic heterocycles. The minimum Gasteiger partial charge on any atom is -0.397 e. The van der Waals surface area contributed by atoms with E-state index in [0.717, 1.165) is 93.8 Å². The molecule has 55 heavy (non-hydrogen) atoms. The Morgan fingerprint density at radius 2 is 0.855 bits per heavy atom. The summed E-state index contributed by atoms with van der Waals surface area (Å²) in [5.74, 6) is 2.95. The van der Waals surface area contributed by atoms with Crippen LogP contribution in [-0.2, 0) is 21.1 Å². The number of nitrogens with two attached hydrogens (primary N) is 2. The van der Waals surface area contributed by atoms with Crippen LogP contribution in [0.5, 0.6) is 0 Å². The summed E-state index contributed by atoms with van der Waals surface area (Å²) < 4.78 is 6.14. The van der Waals surface area contributed by atoms with E-state index in [4.69, 9.17) is 21.4 Å². The zero-order chi connectivity index (χ0) is 37.0. The molecule has 0 aliphatic rings. The Bertz CT molecular complexity index is 2940. The van der Waals surface area contributed by atoms with Crippen LogP contribution in [-0.4, -0.2) is 48.6 Å². The van der Waals surface area contributed by atoms with Gasteiger partial charge in [0.15, 0.2) is 0 Å². The second-order valence-electron chi connectivity index (χ2n) is 12.7. The topological polar surface area (TPSA) is 157 Å². The zero-order valence-electron chi connectivity index (χ0n) is 30.0. The van der Waals surface area contributed by atoms with Gasteiger partial charge in [0.05, 0.1) is 100 Å². The molecule has 0 aliphatic carbocycles. The van der Waals surface area contributed by atoms with E-state index in [1.54, 1.807) is 28.7 Å². The molecular formula is C41H44N12S2. The largest absolute Gasteiger partial charge is 0.397 e. The van der Waals surface area contributed by atoms with E-state index in [1.807, 2.05) is 94.6 Å². The Morgan fingerprint density at radius 3 is 1.33 bits per heavy atom. The third-order valence-corrected chi connectivity index (χ3v) is 11.2. The van der Waals surface area contributed by atoms with Crippen LogP contribution in [0.15, 0.2) is 83.8 Å². The Balaban J connectivity index is 0.000000141. The number of nitrogen functional groups attached to an aromatic ring is 2. The van der Waals surface area contributed by atoms with Gasteiger partial charge in [-0.05, 0) is 80.1 Å². The summed E-state index contributed by atoms with van der Waals surface area (Å²) in [5.41, 5.74) is 24.0. The van der Waals surface area contributed by atoms with Gasteiger partial charge >= 0.3 is 0 Å². The summed E-state index contributed by atoms with van der Waals surface area (Å²) in [6.07, 6.45) is 3.67. The maximum Gasteiger partial charge on any atom is 0.106 e. The van der Waals surface area contributed by atoms with Crippen molar-refractivity contribution < 1.29 is 0 Å². The molecule has 3 aromatic carbocycles. The van der Waals surface area contributed by atoms with E-state index in [2.05, 4.69) is 63.7 Å². The number of benzene rings is 3. The van der Waals surface area contributed by atoms with Gasteiger partial charge in [-0.3, -0.25) is 9.97 Å². The van der Waals surface area contributed by atoms with Gasteiger partial charge in [-0.1, -0.05) is 27.0 Å². The fourth-order valence-corrected chi connectivity index (χ4v) is 7.47. The number of thiophene rings is 2. The molecule has 7 heterocycles. The molecule has 10 rings (SSSR count). The summed E-state index contributed by atoms with van der Waals surface area (Å²) in [6.45, 7) is 5.96. The molecule has 0 bridgehead atoms. The van der Waals surface area contributed by atoms with Crippen LogP contribution in [0.4, 0.5) is 11.4 Å². The van der Waals surface area contributed by atoms with Crippen molar-refractivity contribution in [2.24, 2.45) is 21.1 Å². The van der Waals surface area contributed by atoms with E-state index in [-0.39, 0.29) is 14.9 Å². The summed E-state index contributed by atoms with van der Waals surface area (Å²) in [6, 6.07) is 20.0. The maximum atomic E-state index is 5.70. The smallest absolute Gasteiger partial charge is 0.106 e. The van der Waals surface area contributed by atoms with Crippen LogP contribution in [0.2, 0.25) is 0 Å². The Labute approximate surface area is 327 Å². The van der Waals surface area contributed by atoms with E-state index in [1.165, 1.54) is 0 Å². The van der Waals surface area contributed by atoms with Crippen LogP contribution in [0.1, 0.15) is 32.3 Å². The van der Waals surface area contributed by atoms with Crippen LogP contribution < -0.4 is 11.5 Å². The molecule has 10 aromatic rings. The van der Waals surface area contributed by atoms with Crippen LogP contribution in [0, 0.1) is 20.8 Å². The van der Waals surface area contributed by atoms with Crippen molar-refractivity contribution in [3.8, 4) is 21.1 Å². The van der Waals surface area contributed by atoms with Gasteiger partial charge < -0.3 is 25.2 Å². The summed E-state index contributed by atoms with van der Waals surface area (Å²) >= 11 is 3.35. The minimum absolute atomic E-state index is 0. The highest BCUT2D eigenvalue weighted by atomic mass is 32.1. The van der Waals surface area contributed by atoms with Crippen molar-refractivity contribution in [2.75, 3.05) is 11.5 Å². The molecule has 4 N–H and O–H groups in total. The molecule has 280 valence electrons. The molecule has 0 radical (unpaired) electrons. The number of nitrogens with zero attached hydrogens (tertiary/aromatic N) is 10. The van der Waals surface area contributed by atoms with E-state index >= 15 is 0 Å². The van der Waals surface area contributed by atoms with Crippen LogP contribution >= 0.6 is 22.7 Å². The highest BCUT2D eigenvalue weighted by Gasteiger charge is 2.11. The fourth-order valence-electron chi connectivity index (χ4n) is 6.11. The summed E-state index contributed by atoms with van der Waals surface area (Å²) in [4.78, 5) is 34.2. The molecule has 0 atom stereocenters. The number of rotatable bonds is 2. The average molecular weight is 769 g/mol. The Hall–Kier alpha value is -6.25. The number of aryl methyl sites for hydroxylation is 6. The van der Waals surface area contributed by atoms with Crippen molar-refractivity contribution in [1.82, 2.24) is 48.6 Å². The number of hydrogen-bond acceptors (Lipinski definition) is 11. The van der Waals surface area contributed by atoms with Crippen molar-refractivity contribution >= 4 is 89.2 Å². The van der Waals surface area contributed by atoms with Crippen molar-refractivity contribution in [3.05, 3.63) is 101 Å². The number of aromatic nitrogens is 10. The quantitative estimate of drug-likeness (QED) is 0.164. The lowest BCUT2D eigenvalue weighted by atomic mass is 10.2. The molecule has 0 aliphatic heterocycles. The molecule has 0 saturated carbocycles. The van der Waals surface area contributed by atoms with E-state index in [0.29, 0.717) is 11.4 Å². The van der Waals surface area contributed by atoms with Crippen molar-refractivity contribution in [1.29, 1.82) is 0 Å². The first-order valence-corrected chi connectivity index (χ1v) is 18.6. The first kappa shape index (κ1) is 38.5. The fraction of sp³-hybridized carbons (Fsp3) is 0.195. The normalized spacial score (nSPS) is 10.9. The first-order valence-electron chi connectivity index (χ1n) is 16.8.